The number of hydrogen-bond donors (Lipinski definition) is 3. The average molecular weight is 250 g/mol. The smallest absolute Gasteiger partial charge is 0.258 e. The Morgan fingerprint density at radius 3 is 2.71 bits per heavy atom. The maximum atomic E-state index is 12.2. The lowest BCUT2D eigenvalue weighted by Gasteiger charge is -2.32. The van der Waals surface area contributed by atoms with Crippen LogP contribution in [0.4, 0.5) is 0 Å². The number of nitrogens with one attached hydrogen (secondary N) is 1. The van der Waals surface area contributed by atoms with Gasteiger partial charge in [0.25, 0.3) is 5.72 Å². The zero-order valence-corrected chi connectivity index (χ0v) is 9.78. The van der Waals surface area contributed by atoms with Crippen molar-refractivity contribution in [1.82, 2.24) is 10.2 Å². The molecule has 2 unspecified atom stereocenters. The van der Waals surface area contributed by atoms with Crippen LogP contribution in [0.3, 0.4) is 0 Å². The molecule has 0 aromatic heterocycles. The predicted molar refractivity (Wildman–Crippen MR) is 63.1 cm³/mol. The molecule has 5 nitrogen and oxygen atoms in total. The van der Waals surface area contributed by atoms with Crippen molar-refractivity contribution in [2.24, 2.45) is 0 Å². The maximum Gasteiger partial charge on any atom is 0.258 e. The number of likely N-dealkylation sites (N-methyl/N-ethyl adjacent to an activating group) is 1. The third kappa shape index (κ3) is 0.925. The number of carbonyl (C=O) groups is 1. The quantitative estimate of drug-likeness (QED) is 0.541. The highest BCUT2D eigenvalue weighted by molar-refractivity contribution is 7.80. The Hall–Kier alpha value is -1.50. The topological polar surface area (TPSA) is 72.8 Å². The van der Waals surface area contributed by atoms with Gasteiger partial charge in [-0.1, -0.05) is 24.3 Å². The number of rotatable bonds is 0. The third-order valence-corrected chi connectivity index (χ3v) is 3.84. The molecule has 17 heavy (non-hydrogen) atoms. The lowest BCUT2D eigenvalue weighted by molar-refractivity contribution is -0.158. The summed E-state index contributed by atoms with van der Waals surface area (Å²) in [6.07, 6.45) is 0. The van der Waals surface area contributed by atoms with E-state index in [2.05, 4.69) is 5.32 Å². The number of thiocarbonyl (C=S) groups is 1. The van der Waals surface area contributed by atoms with Crippen LogP contribution in [0.2, 0.25) is 0 Å². The molecule has 1 aliphatic carbocycles. The SMILES string of the molecule is CN1C(=S)NC2(O)c3ccccc3C(=O)C12O. The largest absolute Gasteiger partial charge is 0.363 e. The normalized spacial score (nSPS) is 34.6. The molecule has 0 radical (unpaired) electrons. The van der Waals surface area contributed by atoms with Crippen molar-refractivity contribution in [3.63, 3.8) is 0 Å². The Morgan fingerprint density at radius 2 is 2.00 bits per heavy atom. The molecule has 1 saturated heterocycles. The van der Waals surface area contributed by atoms with Gasteiger partial charge in [0.15, 0.2) is 5.11 Å². The van der Waals surface area contributed by atoms with E-state index in [4.69, 9.17) is 12.2 Å². The molecule has 0 spiro atoms. The minimum Gasteiger partial charge on any atom is -0.363 e. The van der Waals surface area contributed by atoms with Crippen LogP contribution in [-0.2, 0) is 5.72 Å². The van der Waals surface area contributed by atoms with Gasteiger partial charge in [-0.2, -0.15) is 0 Å². The van der Waals surface area contributed by atoms with Gasteiger partial charge in [-0.05, 0) is 12.2 Å². The molecule has 2 aliphatic rings. The van der Waals surface area contributed by atoms with Gasteiger partial charge in [-0.3, -0.25) is 4.79 Å². The first-order chi connectivity index (χ1) is 7.93. The first-order valence-electron chi connectivity index (χ1n) is 5.08. The van der Waals surface area contributed by atoms with Gasteiger partial charge in [0, 0.05) is 18.2 Å². The highest BCUT2D eigenvalue weighted by Gasteiger charge is 2.70. The molecule has 6 heteroatoms. The summed E-state index contributed by atoms with van der Waals surface area (Å²) in [5.41, 5.74) is -3.28. The van der Waals surface area contributed by atoms with E-state index in [9.17, 15) is 15.0 Å². The summed E-state index contributed by atoms with van der Waals surface area (Å²) in [7, 11) is 1.47. The van der Waals surface area contributed by atoms with Gasteiger partial charge in [0.1, 0.15) is 0 Å². The van der Waals surface area contributed by atoms with Crippen LogP contribution in [0.1, 0.15) is 15.9 Å². The molecule has 0 saturated carbocycles. The molecule has 2 atom stereocenters. The minimum atomic E-state index is -2.06. The molecule has 3 rings (SSSR count). The second kappa shape index (κ2) is 2.84. The van der Waals surface area contributed by atoms with Gasteiger partial charge < -0.3 is 20.4 Å². The molecule has 1 aromatic rings. The van der Waals surface area contributed by atoms with Crippen molar-refractivity contribution in [3.05, 3.63) is 35.4 Å². The highest BCUT2D eigenvalue weighted by Crippen LogP contribution is 2.47. The predicted octanol–water partition coefficient (Wildman–Crippen LogP) is -0.463. The van der Waals surface area contributed by atoms with E-state index in [0.717, 1.165) is 0 Å². The average Bonchev–Trinajstić information content (AvgIpc) is 2.60. The van der Waals surface area contributed by atoms with Crippen LogP contribution in [0, 0.1) is 0 Å². The van der Waals surface area contributed by atoms with E-state index in [0.29, 0.717) is 11.1 Å². The molecule has 1 aliphatic heterocycles. The Balaban J connectivity index is 2.33. The molecule has 3 N–H and O–H groups in total. The molecule has 1 fully saturated rings. The Bertz CT molecular complexity index is 561. The zero-order valence-electron chi connectivity index (χ0n) is 8.97. The number of ketones is 1. The lowest BCUT2D eigenvalue weighted by atomic mass is 10.0. The van der Waals surface area contributed by atoms with Crippen LogP contribution in [0.15, 0.2) is 24.3 Å². The summed E-state index contributed by atoms with van der Waals surface area (Å²) in [5.74, 6) is -0.551. The number of carbonyl (C=O) groups excluding carboxylic acids is 1. The molecule has 88 valence electrons. The fraction of sp³-hybridized carbons (Fsp3) is 0.273. The van der Waals surface area contributed by atoms with Crippen LogP contribution in [0.5, 0.6) is 0 Å². The second-order valence-corrected chi connectivity index (χ2v) is 4.63. The van der Waals surface area contributed by atoms with Gasteiger partial charge in [0.05, 0.1) is 0 Å². The van der Waals surface area contributed by atoms with E-state index in [1.54, 1.807) is 24.3 Å². The van der Waals surface area contributed by atoms with E-state index >= 15 is 0 Å². The summed E-state index contributed by atoms with van der Waals surface area (Å²) >= 11 is 4.96. The van der Waals surface area contributed by atoms with Crippen LogP contribution >= 0.6 is 12.2 Å². The van der Waals surface area contributed by atoms with E-state index in [1.807, 2.05) is 0 Å². The summed E-state index contributed by atoms with van der Waals surface area (Å²) in [6.45, 7) is 0. The standard InChI is InChI=1S/C11H10N2O3S/c1-13-9(17)12-10(15)7-5-3-2-4-6(7)8(14)11(10,13)16/h2-5,15-16H,1H3,(H,12,17). The van der Waals surface area contributed by atoms with Crippen LogP contribution in [-0.4, -0.2) is 38.8 Å². The van der Waals surface area contributed by atoms with Gasteiger partial charge >= 0.3 is 0 Å². The number of fused-ring (bicyclic) bond motifs is 3. The fourth-order valence-corrected chi connectivity index (χ4v) is 2.75. The first kappa shape index (κ1) is 10.6. The number of Topliss-reactive ketones (excluding diaryl/α,β-unsaturated/α-hetero) is 1. The van der Waals surface area contributed by atoms with E-state index in [1.165, 1.54) is 11.9 Å². The summed E-state index contributed by atoms with van der Waals surface area (Å²) in [5, 5.41) is 23.8. The third-order valence-electron chi connectivity index (χ3n) is 3.46. The monoisotopic (exact) mass is 250 g/mol. The minimum absolute atomic E-state index is 0.137. The van der Waals surface area contributed by atoms with Crippen molar-refractivity contribution in [2.45, 2.75) is 11.4 Å². The van der Waals surface area contributed by atoms with E-state index < -0.39 is 17.2 Å². The van der Waals surface area contributed by atoms with Crippen molar-refractivity contribution in [2.75, 3.05) is 7.05 Å². The van der Waals surface area contributed by atoms with Crippen molar-refractivity contribution < 1.29 is 15.0 Å². The molecule has 0 bridgehead atoms. The van der Waals surface area contributed by atoms with Crippen LogP contribution < -0.4 is 5.32 Å². The van der Waals surface area contributed by atoms with Crippen LogP contribution in [0.25, 0.3) is 0 Å². The number of aliphatic hydroxyl groups is 2. The maximum absolute atomic E-state index is 12.2. The van der Waals surface area contributed by atoms with Gasteiger partial charge in [-0.25, -0.2) is 0 Å². The van der Waals surface area contributed by atoms with Crippen molar-refractivity contribution in [1.29, 1.82) is 0 Å². The lowest BCUT2D eigenvalue weighted by Crippen LogP contribution is -2.58. The summed E-state index contributed by atoms with van der Waals surface area (Å²) in [6, 6.07) is 6.55. The van der Waals surface area contributed by atoms with Crippen molar-refractivity contribution in [3.8, 4) is 0 Å². The van der Waals surface area contributed by atoms with Gasteiger partial charge in [-0.15, -0.1) is 0 Å². The summed E-state index contributed by atoms with van der Waals surface area (Å²) in [4.78, 5) is 13.4. The fourth-order valence-electron chi connectivity index (χ4n) is 2.47. The zero-order chi connectivity index (χ0) is 12.4. The number of hydrogen-bond acceptors (Lipinski definition) is 4. The Labute approximate surface area is 103 Å². The van der Waals surface area contributed by atoms with Crippen molar-refractivity contribution >= 4 is 23.1 Å². The van der Waals surface area contributed by atoms with E-state index in [-0.39, 0.29) is 5.11 Å². The van der Waals surface area contributed by atoms with Gasteiger partial charge in [0.2, 0.25) is 11.5 Å². The summed E-state index contributed by atoms with van der Waals surface area (Å²) < 4.78 is 0. The molecular weight excluding hydrogens is 240 g/mol. The highest BCUT2D eigenvalue weighted by atomic mass is 32.1. The number of benzene rings is 1. The Morgan fingerprint density at radius 1 is 1.35 bits per heavy atom. The molecule has 1 aromatic carbocycles. The molecular formula is C11H10N2O3S. The number of nitrogens with zero attached hydrogens (tertiary/aromatic N) is 1. The second-order valence-electron chi connectivity index (χ2n) is 4.25. The molecule has 1 heterocycles. The molecule has 0 amide bonds. The Kier molecular flexibility index (Phi) is 1.78. The first-order valence-corrected chi connectivity index (χ1v) is 5.49.